The Kier molecular flexibility index (Phi) is 7.03. The van der Waals surface area contributed by atoms with Crippen LogP contribution in [0.2, 0.25) is 0 Å². The van der Waals surface area contributed by atoms with Crippen LogP contribution in [0.15, 0.2) is 12.7 Å². The second-order valence-electron chi connectivity index (χ2n) is 7.28. The van der Waals surface area contributed by atoms with Crippen LogP contribution in [0.5, 0.6) is 0 Å². The fraction of sp³-hybridized carbons (Fsp3) is 0.625. The average Bonchev–Trinajstić information content (AvgIpc) is 3.27. The first-order valence-corrected chi connectivity index (χ1v) is 11.0. The number of nitrogens with zero attached hydrogens (tertiary/aromatic N) is 4. The van der Waals surface area contributed by atoms with Crippen molar-refractivity contribution < 1.29 is 38.6 Å². The number of nitrogens with one attached hydrogen (secondary N) is 1. The Morgan fingerprint density at radius 1 is 1.35 bits per heavy atom. The first kappa shape index (κ1) is 23.6. The zero-order chi connectivity index (χ0) is 22.9. The third kappa shape index (κ3) is 5.07. The maximum atomic E-state index is 12.4. The summed E-state index contributed by atoms with van der Waals surface area (Å²) >= 11 is 0. The number of aromatic nitrogens is 4. The van der Waals surface area contributed by atoms with Gasteiger partial charge in [-0.3, -0.25) is 13.9 Å². The summed E-state index contributed by atoms with van der Waals surface area (Å²) in [5.41, 5.74) is 6.34. The average molecular weight is 460 g/mol. The van der Waals surface area contributed by atoms with Crippen LogP contribution in [0.1, 0.15) is 26.5 Å². The SMILES string of the molecule is CC[C@H](C)[C@H](N)C(=O)Nc1ncnc2c1ncn2[C@@H]1O[C@H](COP(=O)(O)O)[C@@H](O)[C@H]1O. The van der Waals surface area contributed by atoms with Crippen LogP contribution in [-0.2, 0) is 18.6 Å². The van der Waals surface area contributed by atoms with Crippen molar-refractivity contribution in [2.75, 3.05) is 11.9 Å². The molecule has 1 saturated heterocycles. The summed E-state index contributed by atoms with van der Waals surface area (Å²) < 4.78 is 22.1. The molecule has 31 heavy (non-hydrogen) atoms. The van der Waals surface area contributed by atoms with Gasteiger partial charge < -0.3 is 35.8 Å². The van der Waals surface area contributed by atoms with Gasteiger partial charge in [0.25, 0.3) is 0 Å². The number of aliphatic hydroxyl groups is 2. The van der Waals surface area contributed by atoms with Gasteiger partial charge in [0.15, 0.2) is 23.2 Å². The van der Waals surface area contributed by atoms with Crippen molar-refractivity contribution in [2.45, 2.75) is 50.8 Å². The van der Waals surface area contributed by atoms with Gasteiger partial charge in [-0.15, -0.1) is 0 Å². The van der Waals surface area contributed by atoms with Gasteiger partial charge in [-0.2, -0.15) is 0 Å². The Labute approximate surface area is 176 Å². The van der Waals surface area contributed by atoms with Gasteiger partial charge in [0.05, 0.1) is 19.0 Å². The van der Waals surface area contributed by atoms with E-state index in [4.69, 9.17) is 20.3 Å². The second-order valence-corrected chi connectivity index (χ2v) is 8.52. The smallest absolute Gasteiger partial charge is 0.387 e. The van der Waals surface area contributed by atoms with Crippen molar-refractivity contribution in [3.63, 3.8) is 0 Å². The molecule has 2 aromatic heterocycles. The summed E-state index contributed by atoms with van der Waals surface area (Å²) in [5.74, 6) is -0.376. The minimum absolute atomic E-state index is 0.0503. The Balaban J connectivity index is 1.82. The van der Waals surface area contributed by atoms with E-state index >= 15 is 0 Å². The van der Waals surface area contributed by atoms with E-state index in [9.17, 15) is 19.6 Å². The first-order valence-electron chi connectivity index (χ1n) is 9.49. The number of nitrogens with two attached hydrogens (primary N) is 1. The standard InChI is InChI=1S/C16H25N6O8P/c1-3-7(2)9(17)15(25)21-13-10-14(19-5-18-13)22(6-20-10)16-12(24)11(23)8(30-16)4-29-31(26,27)28/h5-9,11-12,16,23-24H,3-4,17H2,1-2H3,(H2,26,27,28)(H,18,19,21,25)/t7-,8+,9-,11+,12+,16+/m0/s1. The quantitative estimate of drug-likeness (QED) is 0.258. The Bertz CT molecular complexity index is 982. The highest BCUT2D eigenvalue weighted by Gasteiger charge is 2.45. The molecule has 3 heterocycles. The van der Waals surface area contributed by atoms with Crippen molar-refractivity contribution in [3.05, 3.63) is 12.7 Å². The van der Waals surface area contributed by atoms with E-state index in [1.807, 2.05) is 13.8 Å². The van der Waals surface area contributed by atoms with E-state index in [0.29, 0.717) is 6.42 Å². The van der Waals surface area contributed by atoms with Gasteiger partial charge in [-0.25, -0.2) is 19.5 Å². The van der Waals surface area contributed by atoms with Crippen molar-refractivity contribution in [1.82, 2.24) is 19.5 Å². The zero-order valence-electron chi connectivity index (χ0n) is 16.8. The number of aliphatic hydroxyl groups excluding tert-OH is 2. The third-order valence-corrected chi connectivity index (χ3v) is 5.66. The molecular weight excluding hydrogens is 435 g/mol. The molecule has 1 aliphatic heterocycles. The number of carbonyl (C=O) groups is 1. The molecule has 172 valence electrons. The lowest BCUT2D eigenvalue weighted by Gasteiger charge is -2.18. The lowest BCUT2D eigenvalue weighted by molar-refractivity contribution is -0.118. The fourth-order valence-corrected chi connectivity index (χ4v) is 3.45. The molecule has 0 unspecified atom stereocenters. The Hall–Kier alpha value is -2.03. The molecule has 1 fully saturated rings. The van der Waals surface area contributed by atoms with Crippen molar-refractivity contribution >= 4 is 30.7 Å². The van der Waals surface area contributed by atoms with Gasteiger partial charge in [0.1, 0.15) is 24.6 Å². The van der Waals surface area contributed by atoms with Crippen molar-refractivity contribution in [2.24, 2.45) is 11.7 Å². The molecule has 2 aromatic rings. The highest BCUT2D eigenvalue weighted by atomic mass is 31.2. The maximum absolute atomic E-state index is 12.4. The molecule has 0 saturated carbocycles. The molecule has 6 atom stereocenters. The van der Waals surface area contributed by atoms with E-state index < -0.39 is 50.9 Å². The summed E-state index contributed by atoms with van der Waals surface area (Å²) in [6.07, 6.45) is -2.16. The summed E-state index contributed by atoms with van der Waals surface area (Å²) in [4.78, 5) is 42.3. The number of hydrogen-bond donors (Lipinski definition) is 6. The molecule has 14 nitrogen and oxygen atoms in total. The number of rotatable bonds is 8. The molecule has 1 amide bonds. The Morgan fingerprint density at radius 2 is 2.06 bits per heavy atom. The fourth-order valence-electron chi connectivity index (χ4n) is 3.11. The van der Waals surface area contributed by atoms with Crippen LogP contribution in [0, 0.1) is 5.92 Å². The first-order chi connectivity index (χ1) is 14.5. The number of anilines is 1. The molecule has 15 heteroatoms. The van der Waals surface area contributed by atoms with E-state index in [2.05, 4.69) is 24.8 Å². The normalized spacial score (nSPS) is 26.2. The van der Waals surface area contributed by atoms with Crippen LogP contribution in [-0.4, -0.2) is 76.4 Å². The monoisotopic (exact) mass is 460 g/mol. The van der Waals surface area contributed by atoms with Crippen molar-refractivity contribution in [1.29, 1.82) is 0 Å². The van der Waals surface area contributed by atoms with Gasteiger partial charge in [0.2, 0.25) is 5.91 Å². The molecule has 0 aliphatic carbocycles. The summed E-state index contributed by atoms with van der Waals surface area (Å²) in [6.45, 7) is 3.13. The third-order valence-electron chi connectivity index (χ3n) is 5.18. The van der Waals surface area contributed by atoms with Crippen LogP contribution in [0.25, 0.3) is 11.2 Å². The molecule has 7 N–H and O–H groups in total. The lowest BCUT2D eigenvalue weighted by atomic mass is 9.99. The van der Waals surface area contributed by atoms with Crippen LogP contribution in [0.3, 0.4) is 0 Å². The minimum Gasteiger partial charge on any atom is -0.387 e. The summed E-state index contributed by atoms with van der Waals surface area (Å²) in [7, 11) is -4.78. The molecule has 1 aliphatic rings. The van der Waals surface area contributed by atoms with Gasteiger partial charge in [-0.05, 0) is 5.92 Å². The largest absolute Gasteiger partial charge is 0.469 e. The molecule has 0 aromatic carbocycles. The molecule has 0 bridgehead atoms. The van der Waals surface area contributed by atoms with Gasteiger partial charge in [0, 0.05) is 0 Å². The predicted molar refractivity (Wildman–Crippen MR) is 105 cm³/mol. The number of carbonyl (C=O) groups excluding carboxylic acids is 1. The number of hydrogen-bond acceptors (Lipinski definition) is 10. The number of ether oxygens (including phenoxy) is 1. The van der Waals surface area contributed by atoms with Crippen LogP contribution in [0.4, 0.5) is 5.82 Å². The van der Waals surface area contributed by atoms with E-state index in [1.54, 1.807) is 0 Å². The molecular formula is C16H25N6O8P. The van der Waals surface area contributed by atoms with Crippen LogP contribution >= 0.6 is 7.82 Å². The number of fused-ring (bicyclic) bond motifs is 1. The van der Waals surface area contributed by atoms with E-state index in [1.165, 1.54) is 17.2 Å². The summed E-state index contributed by atoms with van der Waals surface area (Å²) in [5, 5.41) is 23.1. The lowest BCUT2D eigenvalue weighted by Crippen LogP contribution is -2.40. The highest BCUT2D eigenvalue weighted by molar-refractivity contribution is 7.46. The van der Waals surface area contributed by atoms with Gasteiger partial charge >= 0.3 is 7.82 Å². The van der Waals surface area contributed by atoms with E-state index in [-0.39, 0.29) is 22.9 Å². The van der Waals surface area contributed by atoms with Crippen LogP contribution < -0.4 is 11.1 Å². The van der Waals surface area contributed by atoms with E-state index in [0.717, 1.165) is 0 Å². The number of imidazole rings is 1. The number of amides is 1. The maximum Gasteiger partial charge on any atom is 0.469 e. The number of phosphoric acid groups is 1. The molecule has 0 spiro atoms. The Morgan fingerprint density at radius 3 is 2.71 bits per heavy atom. The second kappa shape index (κ2) is 9.22. The molecule has 3 rings (SSSR count). The zero-order valence-corrected chi connectivity index (χ0v) is 17.7. The highest BCUT2D eigenvalue weighted by Crippen LogP contribution is 2.38. The predicted octanol–water partition coefficient (Wildman–Crippen LogP) is -1.13. The van der Waals surface area contributed by atoms with Crippen molar-refractivity contribution in [3.8, 4) is 0 Å². The molecule has 0 radical (unpaired) electrons. The topological polar surface area (TPSA) is 215 Å². The minimum atomic E-state index is -4.78. The van der Waals surface area contributed by atoms with Gasteiger partial charge in [-0.1, -0.05) is 20.3 Å². The summed E-state index contributed by atoms with van der Waals surface area (Å²) in [6, 6.07) is -0.748. The number of phosphoric ester groups is 1.